The van der Waals surface area contributed by atoms with Crippen molar-refractivity contribution in [2.75, 3.05) is 0 Å². The largest absolute Gasteiger partial charge is 0.434 e. The second kappa shape index (κ2) is 8.71. The molecule has 0 fully saturated rings. The lowest BCUT2D eigenvalue weighted by molar-refractivity contribution is -0.140. The minimum absolute atomic E-state index is 0.123. The number of hydrogen-bond acceptors (Lipinski definition) is 6. The summed E-state index contributed by atoms with van der Waals surface area (Å²) in [6.07, 6.45) is -2.76. The van der Waals surface area contributed by atoms with E-state index in [0.717, 1.165) is 37.5 Å². The van der Waals surface area contributed by atoms with Gasteiger partial charge in [0.05, 0.1) is 21.8 Å². The summed E-state index contributed by atoms with van der Waals surface area (Å²) < 4.78 is 64.6. The van der Waals surface area contributed by atoms with Crippen LogP contribution in [0.1, 0.15) is 45.9 Å². The average Bonchev–Trinajstić information content (AvgIpc) is 3.44. The van der Waals surface area contributed by atoms with E-state index in [9.17, 15) is 21.6 Å². The summed E-state index contributed by atoms with van der Waals surface area (Å²) in [7, 11) is -3.84. The molecule has 4 rings (SSSR count). The highest BCUT2D eigenvalue weighted by Gasteiger charge is 2.33. The van der Waals surface area contributed by atoms with Crippen LogP contribution in [0.5, 0.6) is 0 Å². The highest BCUT2D eigenvalue weighted by atomic mass is 32.2. The Balaban J connectivity index is 1.49. The molecule has 6 nitrogen and oxygen atoms in total. The zero-order valence-electron chi connectivity index (χ0n) is 17.6. The minimum Gasteiger partial charge on any atom is -0.236 e. The Bertz CT molecular complexity index is 1360. The van der Waals surface area contributed by atoms with Crippen molar-refractivity contribution in [1.29, 1.82) is 0 Å². The number of aromatic nitrogens is 4. The van der Waals surface area contributed by atoms with Crippen LogP contribution in [-0.4, -0.2) is 27.8 Å². The Hall–Kier alpha value is -3.05. The molecule has 172 valence electrons. The van der Waals surface area contributed by atoms with Crippen LogP contribution in [0, 0.1) is 6.92 Å². The van der Waals surface area contributed by atoms with Gasteiger partial charge in [-0.15, -0.1) is 20.5 Å². The molecule has 0 aliphatic carbocycles. The summed E-state index contributed by atoms with van der Waals surface area (Å²) in [5, 5.41) is 9.24. The number of thiazole rings is 1. The number of hydrogen-bond donors (Lipinski definition) is 0. The summed E-state index contributed by atoms with van der Waals surface area (Å²) in [5.74, 6) is -0.238. The van der Waals surface area contributed by atoms with Gasteiger partial charge in [-0.1, -0.05) is 54.1 Å². The quantitative estimate of drug-likeness (QED) is 0.377. The molecule has 0 unspecified atom stereocenters. The molecule has 0 saturated heterocycles. The first kappa shape index (κ1) is 23.1. The lowest BCUT2D eigenvalue weighted by Gasteiger charge is -2.09. The van der Waals surface area contributed by atoms with Crippen LogP contribution in [0.25, 0.3) is 0 Å². The molecular weight excluding hydrogens is 473 g/mol. The third kappa shape index (κ3) is 4.98. The maximum atomic E-state index is 12.8. The highest BCUT2D eigenvalue weighted by Crippen LogP contribution is 2.31. The topological polar surface area (TPSA) is 77.7 Å². The first-order valence-corrected chi connectivity index (χ1v) is 12.2. The van der Waals surface area contributed by atoms with Gasteiger partial charge in [0.15, 0.2) is 5.69 Å². The van der Waals surface area contributed by atoms with Gasteiger partial charge in [0.25, 0.3) is 10.0 Å². The lowest BCUT2D eigenvalue weighted by atomic mass is 9.97. The molecule has 0 spiro atoms. The molecule has 2 aromatic heterocycles. The van der Waals surface area contributed by atoms with Gasteiger partial charge in [-0.05, 0) is 30.2 Å². The van der Waals surface area contributed by atoms with Gasteiger partial charge in [0.2, 0.25) is 0 Å². The molecule has 0 N–H and O–H groups in total. The zero-order chi connectivity index (χ0) is 23.8. The van der Waals surface area contributed by atoms with E-state index in [2.05, 4.69) is 15.3 Å². The second-order valence-electron chi connectivity index (χ2n) is 7.60. The molecule has 2 aromatic carbocycles. The number of alkyl halides is 3. The molecule has 33 heavy (non-hydrogen) atoms. The van der Waals surface area contributed by atoms with E-state index in [1.54, 1.807) is 12.1 Å². The normalized spacial score (nSPS) is 13.2. The summed E-state index contributed by atoms with van der Waals surface area (Å²) in [6, 6.07) is 13.8. The van der Waals surface area contributed by atoms with Crippen molar-refractivity contribution in [3.05, 3.63) is 93.2 Å². The molecule has 0 saturated carbocycles. The van der Waals surface area contributed by atoms with Crippen molar-refractivity contribution in [2.24, 2.45) is 0 Å². The first-order chi connectivity index (χ1) is 15.5. The van der Waals surface area contributed by atoms with Crippen LogP contribution in [0.3, 0.4) is 0 Å². The Morgan fingerprint density at radius 1 is 1.06 bits per heavy atom. The summed E-state index contributed by atoms with van der Waals surface area (Å²) in [5.41, 5.74) is 2.24. The van der Waals surface area contributed by atoms with E-state index in [1.165, 1.54) is 18.3 Å². The minimum atomic E-state index is -4.45. The molecule has 2 heterocycles. The van der Waals surface area contributed by atoms with Gasteiger partial charge < -0.3 is 0 Å². The van der Waals surface area contributed by atoms with Crippen LogP contribution < -0.4 is 0 Å². The third-order valence-electron chi connectivity index (χ3n) is 5.18. The lowest BCUT2D eigenvalue weighted by Crippen LogP contribution is -2.13. The molecule has 11 heteroatoms. The standard InChI is InChI=1S/C22H19F3N4O2S2/c1-14-3-9-18(10-4-14)33(30,31)29-12-19(27-28-29)15(2)17-7-5-16(6-8-17)11-21-26-20(13-32-21)22(23,24)25/h3-10,12-13,15H,11H2,1-2H3/t15-/m1/s1. The smallest absolute Gasteiger partial charge is 0.236 e. The van der Waals surface area contributed by atoms with Gasteiger partial charge in [-0.3, -0.25) is 0 Å². The van der Waals surface area contributed by atoms with Gasteiger partial charge in [0.1, 0.15) is 0 Å². The second-order valence-corrected chi connectivity index (χ2v) is 10.3. The van der Waals surface area contributed by atoms with E-state index >= 15 is 0 Å². The van der Waals surface area contributed by atoms with Crippen molar-refractivity contribution in [3.63, 3.8) is 0 Å². The van der Waals surface area contributed by atoms with Crippen LogP contribution in [0.2, 0.25) is 0 Å². The molecular formula is C22H19F3N4O2S2. The zero-order valence-corrected chi connectivity index (χ0v) is 19.2. The molecule has 0 radical (unpaired) electrons. The summed E-state index contributed by atoms with van der Waals surface area (Å²) >= 11 is 0.974. The van der Waals surface area contributed by atoms with Gasteiger partial charge in [0, 0.05) is 17.7 Å². The third-order valence-corrected chi connectivity index (χ3v) is 7.56. The van der Waals surface area contributed by atoms with Crippen LogP contribution >= 0.6 is 11.3 Å². The van der Waals surface area contributed by atoms with Gasteiger partial charge >= 0.3 is 6.18 Å². The average molecular weight is 493 g/mol. The van der Waals surface area contributed by atoms with E-state index in [-0.39, 0.29) is 10.8 Å². The van der Waals surface area contributed by atoms with Crippen molar-refractivity contribution in [3.8, 4) is 0 Å². The molecule has 0 amide bonds. The van der Waals surface area contributed by atoms with Crippen LogP contribution in [0.15, 0.2) is 65.0 Å². The predicted molar refractivity (Wildman–Crippen MR) is 118 cm³/mol. The number of halogens is 3. The molecule has 1 atom stereocenters. The maximum Gasteiger partial charge on any atom is 0.434 e. The van der Waals surface area contributed by atoms with E-state index < -0.39 is 21.9 Å². The SMILES string of the molecule is Cc1ccc(S(=O)(=O)n2cc([C@H](C)c3ccc(Cc4nc(C(F)(F)F)cs4)cc3)nn2)cc1. The van der Waals surface area contributed by atoms with E-state index in [1.807, 2.05) is 38.1 Å². The van der Waals surface area contributed by atoms with Crippen molar-refractivity contribution in [1.82, 2.24) is 19.4 Å². The Labute approximate surface area is 192 Å². The molecule has 4 aromatic rings. The Morgan fingerprint density at radius 3 is 2.33 bits per heavy atom. The van der Waals surface area contributed by atoms with Gasteiger partial charge in [-0.2, -0.15) is 21.6 Å². The maximum absolute atomic E-state index is 12.8. The fourth-order valence-electron chi connectivity index (χ4n) is 3.19. The first-order valence-electron chi connectivity index (χ1n) is 9.89. The van der Waals surface area contributed by atoms with Crippen LogP contribution in [0.4, 0.5) is 13.2 Å². The van der Waals surface area contributed by atoms with Crippen molar-refractivity contribution < 1.29 is 21.6 Å². The summed E-state index contributed by atoms with van der Waals surface area (Å²) in [6.45, 7) is 3.74. The molecule has 0 bridgehead atoms. The van der Waals surface area contributed by atoms with Crippen LogP contribution in [-0.2, 0) is 22.6 Å². The highest BCUT2D eigenvalue weighted by molar-refractivity contribution is 7.89. The molecule has 0 aliphatic heterocycles. The predicted octanol–water partition coefficient (Wildman–Crippen LogP) is 5.04. The monoisotopic (exact) mass is 492 g/mol. The number of benzene rings is 2. The number of aryl methyl sites for hydroxylation is 1. The van der Waals surface area contributed by atoms with Crippen molar-refractivity contribution in [2.45, 2.75) is 37.3 Å². The molecule has 0 aliphatic rings. The fraction of sp³-hybridized carbons (Fsp3) is 0.227. The number of rotatable bonds is 6. The van der Waals surface area contributed by atoms with Crippen molar-refractivity contribution >= 4 is 21.4 Å². The fourth-order valence-corrected chi connectivity index (χ4v) is 5.10. The number of nitrogens with zero attached hydrogens (tertiary/aromatic N) is 4. The van der Waals surface area contributed by atoms with E-state index in [0.29, 0.717) is 17.1 Å². The Morgan fingerprint density at radius 2 is 1.73 bits per heavy atom. The Kier molecular flexibility index (Phi) is 6.10. The van der Waals surface area contributed by atoms with E-state index in [4.69, 9.17) is 0 Å². The summed E-state index contributed by atoms with van der Waals surface area (Å²) in [4.78, 5) is 3.78. The van der Waals surface area contributed by atoms with Gasteiger partial charge in [-0.25, -0.2) is 4.98 Å².